The van der Waals surface area contributed by atoms with Crippen LogP contribution in [0.25, 0.3) is 0 Å². The Morgan fingerprint density at radius 1 is 1.11 bits per heavy atom. The molecular weight excluding hydrogens is 252 g/mol. The van der Waals surface area contributed by atoms with E-state index in [1.54, 1.807) is 11.3 Å². The van der Waals surface area contributed by atoms with E-state index in [-0.39, 0.29) is 0 Å². The van der Waals surface area contributed by atoms with Crippen molar-refractivity contribution in [3.8, 4) is 0 Å². The molecule has 1 heterocycles. The third-order valence-electron chi connectivity index (χ3n) is 3.47. The lowest BCUT2D eigenvalue weighted by atomic mass is 9.93. The summed E-state index contributed by atoms with van der Waals surface area (Å²) in [4.78, 5) is 2.28. The summed E-state index contributed by atoms with van der Waals surface area (Å²) in [5.74, 6) is 0.550. The van der Waals surface area contributed by atoms with E-state index in [4.69, 9.17) is 0 Å². The standard InChI is InChI=1S/C17H22OS/c1-12(2)15-8-6-14(7-9-15)11-17(4,18)16-10-5-13(3)19-16/h5-10,12,18H,11H2,1-4H3. The maximum Gasteiger partial charge on any atom is 0.1000 e. The fourth-order valence-corrected chi connectivity index (χ4v) is 3.14. The quantitative estimate of drug-likeness (QED) is 0.862. The smallest absolute Gasteiger partial charge is 0.1000 e. The highest BCUT2D eigenvalue weighted by atomic mass is 32.1. The van der Waals surface area contributed by atoms with Crippen LogP contribution in [-0.2, 0) is 12.0 Å². The van der Waals surface area contributed by atoms with Gasteiger partial charge in [0.2, 0.25) is 0 Å². The van der Waals surface area contributed by atoms with Gasteiger partial charge in [0, 0.05) is 16.2 Å². The molecule has 1 atom stereocenters. The Morgan fingerprint density at radius 3 is 2.21 bits per heavy atom. The number of hydrogen-bond donors (Lipinski definition) is 1. The van der Waals surface area contributed by atoms with Gasteiger partial charge in [-0.05, 0) is 43.0 Å². The molecule has 0 bridgehead atoms. The highest BCUT2D eigenvalue weighted by molar-refractivity contribution is 7.12. The summed E-state index contributed by atoms with van der Waals surface area (Å²) >= 11 is 1.67. The van der Waals surface area contributed by atoms with Gasteiger partial charge in [0.1, 0.15) is 0 Å². The van der Waals surface area contributed by atoms with Crippen LogP contribution in [0.2, 0.25) is 0 Å². The van der Waals surface area contributed by atoms with Crippen LogP contribution in [0.5, 0.6) is 0 Å². The number of aliphatic hydroxyl groups is 1. The fraction of sp³-hybridized carbons (Fsp3) is 0.412. The monoisotopic (exact) mass is 274 g/mol. The summed E-state index contributed by atoms with van der Waals surface area (Å²) in [7, 11) is 0. The van der Waals surface area contributed by atoms with Crippen molar-refractivity contribution in [1.82, 2.24) is 0 Å². The maximum absolute atomic E-state index is 10.6. The summed E-state index contributed by atoms with van der Waals surface area (Å²) in [6.07, 6.45) is 0.658. The SMILES string of the molecule is Cc1ccc(C(C)(O)Cc2ccc(C(C)C)cc2)s1. The van der Waals surface area contributed by atoms with Crippen LogP contribution < -0.4 is 0 Å². The van der Waals surface area contributed by atoms with Crippen molar-refractivity contribution in [3.05, 3.63) is 57.3 Å². The highest BCUT2D eigenvalue weighted by Crippen LogP contribution is 2.31. The van der Waals surface area contributed by atoms with Gasteiger partial charge in [-0.1, -0.05) is 38.1 Å². The summed E-state index contributed by atoms with van der Waals surface area (Å²) in [5, 5.41) is 10.6. The van der Waals surface area contributed by atoms with Gasteiger partial charge in [-0.15, -0.1) is 11.3 Å². The molecule has 1 aromatic heterocycles. The van der Waals surface area contributed by atoms with Crippen molar-refractivity contribution >= 4 is 11.3 Å². The maximum atomic E-state index is 10.6. The predicted octanol–water partition coefficient (Wildman–Crippen LogP) is 4.63. The Kier molecular flexibility index (Phi) is 4.12. The Balaban J connectivity index is 2.15. The van der Waals surface area contributed by atoms with Crippen molar-refractivity contribution in [2.75, 3.05) is 0 Å². The van der Waals surface area contributed by atoms with E-state index in [1.165, 1.54) is 16.0 Å². The van der Waals surface area contributed by atoms with Gasteiger partial charge in [0.15, 0.2) is 0 Å². The molecule has 0 saturated heterocycles. The summed E-state index contributed by atoms with van der Waals surface area (Å²) in [6, 6.07) is 12.7. The molecule has 0 aliphatic heterocycles. The molecule has 1 nitrogen and oxygen atoms in total. The van der Waals surface area contributed by atoms with Crippen LogP contribution in [0, 0.1) is 6.92 Å². The Labute approximate surface area is 119 Å². The number of benzene rings is 1. The zero-order valence-electron chi connectivity index (χ0n) is 12.1. The lowest BCUT2D eigenvalue weighted by Crippen LogP contribution is -2.22. The average Bonchev–Trinajstić information content (AvgIpc) is 2.77. The molecule has 0 amide bonds. The van der Waals surface area contributed by atoms with Crippen molar-refractivity contribution in [2.45, 2.75) is 45.6 Å². The van der Waals surface area contributed by atoms with Crippen LogP contribution in [-0.4, -0.2) is 5.11 Å². The fourth-order valence-electron chi connectivity index (χ4n) is 2.23. The first-order valence-corrected chi connectivity index (χ1v) is 7.58. The first kappa shape index (κ1) is 14.3. The van der Waals surface area contributed by atoms with Crippen molar-refractivity contribution in [2.24, 2.45) is 0 Å². The van der Waals surface area contributed by atoms with Crippen molar-refractivity contribution in [1.29, 1.82) is 0 Å². The number of aryl methyl sites for hydroxylation is 1. The number of rotatable bonds is 4. The minimum Gasteiger partial charge on any atom is -0.384 e. The highest BCUT2D eigenvalue weighted by Gasteiger charge is 2.25. The molecule has 0 fully saturated rings. The zero-order valence-corrected chi connectivity index (χ0v) is 12.9. The summed E-state index contributed by atoms with van der Waals surface area (Å²) in [6.45, 7) is 8.36. The van der Waals surface area contributed by atoms with Crippen LogP contribution >= 0.6 is 11.3 Å². The molecule has 1 N–H and O–H groups in total. The predicted molar refractivity (Wildman–Crippen MR) is 82.9 cm³/mol. The van der Waals surface area contributed by atoms with Crippen LogP contribution in [0.3, 0.4) is 0 Å². The molecule has 1 aromatic carbocycles. The van der Waals surface area contributed by atoms with E-state index in [1.807, 2.05) is 13.0 Å². The molecule has 2 heteroatoms. The average molecular weight is 274 g/mol. The molecule has 1 unspecified atom stereocenters. The molecule has 0 radical (unpaired) electrons. The van der Waals surface area contributed by atoms with E-state index in [0.29, 0.717) is 12.3 Å². The first-order valence-electron chi connectivity index (χ1n) is 6.76. The Hall–Kier alpha value is -1.12. The van der Waals surface area contributed by atoms with E-state index < -0.39 is 5.60 Å². The van der Waals surface area contributed by atoms with E-state index in [9.17, 15) is 5.11 Å². The second-order valence-electron chi connectivity index (χ2n) is 5.76. The molecule has 0 aliphatic carbocycles. The van der Waals surface area contributed by atoms with Gasteiger partial charge in [-0.3, -0.25) is 0 Å². The topological polar surface area (TPSA) is 20.2 Å². The van der Waals surface area contributed by atoms with Gasteiger partial charge in [0.25, 0.3) is 0 Å². The second-order valence-corrected chi connectivity index (χ2v) is 7.05. The largest absolute Gasteiger partial charge is 0.384 e. The van der Waals surface area contributed by atoms with Gasteiger partial charge >= 0.3 is 0 Å². The Bertz CT molecular complexity index is 535. The van der Waals surface area contributed by atoms with Crippen LogP contribution in [0.1, 0.15) is 47.6 Å². The number of thiophene rings is 1. The molecule has 0 spiro atoms. The molecule has 0 saturated carbocycles. The van der Waals surface area contributed by atoms with Gasteiger partial charge in [-0.25, -0.2) is 0 Å². The first-order chi connectivity index (χ1) is 8.88. The normalized spacial score (nSPS) is 14.6. The van der Waals surface area contributed by atoms with E-state index in [2.05, 4.69) is 51.1 Å². The Morgan fingerprint density at radius 2 is 1.74 bits per heavy atom. The van der Waals surface area contributed by atoms with Gasteiger partial charge in [0.05, 0.1) is 5.60 Å². The molecular formula is C17H22OS. The third kappa shape index (κ3) is 3.46. The summed E-state index contributed by atoms with van der Waals surface area (Å²) < 4.78 is 0. The third-order valence-corrected chi connectivity index (χ3v) is 4.72. The van der Waals surface area contributed by atoms with E-state index >= 15 is 0 Å². The van der Waals surface area contributed by atoms with Crippen molar-refractivity contribution < 1.29 is 5.11 Å². The molecule has 102 valence electrons. The van der Waals surface area contributed by atoms with Crippen molar-refractivity contribution in [3.63, 3.8) is 0 Å². The lowest BCUT2D eigenvalue weighted by Gasteiger charge is -2.22. The lowest BCUT2D eigenvalue weighted by molar-refractivity contribution is 0.0615. The van der Waals surface area contributed by atoms with Crippen LogP contribution in [0.15, 0.2) is 36.4 Å². The second kappa shape index (κ2) is 5.48. The minimum absolute atomic E-state index is 0.550. The molecule has 19 heavy (non-hydrogen) atoms. The van der Waals surface area contributed by atoms with Crippen LogP contribution in [0.4, 0.5) is 0 Å². The number of hydrogen-bond acceptors (Lipinski definition) is 2. The molecule has 0 aliphatic rings. The van der Waals surface area contributed by atoms with Gasteiger partial charge in [-0.2, -0.15) is 0 Å². The molecule has 2 aromatic rings. The van der Waals surface area contributed by atoms with E-state index in [0.717, 1.165) is 4.88 Å². The minimum atomic E-state index is -0.779. The molecule has 2 rings (SSSR count). The summed E-state index contributed by atoms with van der Waals surface area (Å²) in [5.41, 5.74) is 1.74. The van der Waals surface area contributed by atoms with Gasteiger partial charge < -0.3 is 5.11 Å². The zero-order chi connectivity index (χ0) is 14.0.